The molecule has 0 spiro atoms. The topological polar surface area (TPSA) is 26.3 Å². The molecule has 0 bridgehead atoms. The highest BCUT2D eigenvalue weighted by atomic mass is 16.5. The highest BCUT2D eigenvalue weighted by Crippen LogP contribution is 2.30. The van der Waals surface area contributed by atoms with Crippen molar-refractivity contribution in [2.75, 3.05) is 0 Å². The van der Waals surface area contributed by atoms with Crippen LogP contribution in [-0.2, 0) is 9.53 Å². The van der Waals surface area contributed by atoms with Crippen molar-refractivity contribution in [3.63, 3.8) is 0 Å². The molecule has 54 valence electrons. The van der Waals surface area contributed by atoms with Crippen molar-refractivity contribution >= 4 is 5.97 Å². The fourth-order valence-corrected chi connectivity index (χ4v) is 1.61. The number of carbonyl (C=O) groups is 1. The van der Waals surface area contributed by atoms with E-state index in [4.69, 9.17) is 4.74 Å². The molecule has 1 aliphatic carbocycles. The Labute approximate surface area is 59.9 Å². The van der Waals surface area contributed by atoms with Gasteiger partial charge in [-0.25, -0.2) is 0 Å². The Balaban J connectivity index is 2.08. The van der Waals surface area contributed by atoms with Crippen molar-refractivity contribution < 1.29 is 9.53 Å². The first-order chi connectivity index (χ1) is 4.86. The lowest BCUT2D eigenvalue weighted by atomic mass is 9.96. The number of allylic oxidation sites excluding steroid dienone is 1. The number of hydrogen-bond acceptors (Lipinski definition) is 2. The van der Waals surface area contributed by atoms with Crippen LogP contribution in [0.5, 0.6) is 0 Å². The van der Waals surface area contributed by atoms with Gasteiger partial charge in [-0.05, 0) is 18.9 Å². The predicted octanol–water partition coefficient (Wildman–Crippen LogP) is 1.27. The van der Waals surface area contributed by atoms with Crippen molar-refractivity contribution in [1.29, 1.82) is 0 Å². The minimum Gasteiger partial charge on any atom is -0.458 e. The largest absolute Gasteiger partial charge is 0.458 e. The quantitative estimate of drug-likeness (QED) is 0.372. The first-order valence-corrected chi connectivity index (χ1v) is 3.72. The molecule has 0 aromatic heterocycles. The Morgan fingerprint density at radius 3 is 3.40 bits per heavy atom. The molecule has 1 heterocycles. The van der Waals surface area contributed by atoms with Crippen molar-refractivity contribution in [3.8, 4) is 0 Å². The summed E-state index contributed by atoms with van der Waals surface area (Å²) in [6, 6.07) is 0. The minimum atomic E-state index is -0.0344. The second-order valence-corrected chi connectivity index (χ2v) is 2.92. The number of fused-ring (bicyclic) bond motifs is 1. The van der Waals surface area contributed by atoms with Crippen LogP contribution in [0, 0.1) is 5.92 Å². The number of esters is 1. The lowest BCUT2D eigenvalue weighted by molar-refractivity contribution is -0.153. The monoisotopic (exact) mass is 138 g/mol. The Kier molecular flexibility index (Phi) is 1.26. The Hall–Kier alpha value is -0.790. The van der Waals surface area contributed by atoms with Crippen LogP contribution in [0.25, 0.3) is 0 Å². The van der Waals surface area contributed by atoms with Crippen molar-refractivity contribution in [3.05, 3.63) is 12.2 Å². The second kappa shape index (κ2) is 2.11. The summed E-state index contributed by atoms with van der Waals surface area (Å²) in [4.78, 5) is 10.7. The molecule has 2 nitrogen and oxygen atoms in total. The lowest BCUT2D eigenvalue weighted by Gasteiger charge is -2.24. The molecule has 0 saturated carbocycles. The zero-order valence-electron chi connectivity index (χ0n) is 5.75. The molecule has 0 aromatic rings. The summed E-state index contributed by atoms with van der Waals surface area (Å²) < 4.78 is 5.08. The average Bonchev–Trinajstić information content (AvgIpc) is 2.33. The van der Waals surface area contributed by atoms with E-state index >= 15 is 0 Å². The summed E-state index contributed by atoms with van der Waals surface area (Å²) in [5.74, 6) is 0.561. The van der Waals surface area contributed by atoms with Crippen LogP contribution in [-0.4, -0.2) is 12.1 Å². The summed E-state index contributed by atoms with van der Waals surface area (Å²) in [7, 11) is 0. The molecule has 1 aliphatic heterocycles. The SMILES string of the molecule is O=C1CC[C@@H]2CC=C[C@@H]2O1. The summed E-state index contributed by atoms with van der Waals surface area (Å²) in [6.07, 6.45) is 6.94. The Morgan fingerprint density at radius 1 is 1.60 bits per heavy atom. The van der Waals surface area contributed by atoms with E-state index in [0.29, 0.717) is 12.3 Å². The highest BCUT2D eigenvalue weighted by Gasteiger charge is 2.30. The molecule has 10 heavy (non-hydrogen) atoms. The van der Waals surface area contributed by atoms with Gasteiger partial charge in [0.1, 0.15) is 6.10 Å². The maximum Gasteiger partial charge on any atom is 0.306 e. The second-order valence-electron chi connectivity index (χ2n) is 2.92. The van der Waals surface area contributed by atoms with Gasteiger partial charge in [-0.1, -0.05) is 6.08 Å². The number of hydrogen-bond donors (Lipinski definition) is 0. The third kappa shape index (κ3) is 0.838. The van der Waals surface area contributed by atoms with E-state index in [1.807, 2.05) is 6.08 Å². The summed E-state index contributed by atoms with van der Waals surface area (Å²) in [5.41, 5.74) is 0. The smallest absolute Gasteiger partial charge is 0.306 e. The van der Waals surface area contributed by atoms with Gasteiger partial charge in [-0.2, -0.15) is 0 Å². The van der Waals surface area contributed by atoms with Gasteiger partial charge in [0.25, 0.3) is 0 Å². The van der Waals surface area contributed by atoms with Crippen LogP contribution >= 0.6 is 0 Å². The fraction of sp³-hybridized carbons (Fsp3) is 0.625. The number of carbonyl (C=O) groups excluding carboxylic acids is 1. The first kappa shape index (κ1) is 5.96. The molecular weight excluding hydrogens is 128 g/mol. The van der Waals surface area contributed by atoms with Gasteiger partial charge in [0, 0.05) is 12.3 Å². The lowest BCUT2D eigenvalue weighted by Crippen LogP contribution is -2.27. The van der Waals surface area contributed by atoms with E-state index < -0.39 is 0 Å². The Morgan fingerprint density at radius 2 is 2.50 bits per heavy atom. The van der Waals surface area contributed by atoms with E-state index in [2.05, 4.69) is 6.08 Å². The summed E-state index contributed by atoms with van der Waals surface area (Å²) >= 11 is 0. The summed E-state index contributed by atoms with van der Waals surface area (Å²) in [6.45, 7) is 0. The molecule has 0 aromatic carbocycles. The van der Waals surface area contributed by atoms with Crippen LogP contribution in [0.15, 0.2) is 12.2 Å². The van der Waals surface area contributed by atoms with Crippen molar-refractivity contribution in [2.45, 2.75) is 25.4 Å². The standard InChI is InChI=1S/C8H10O2/c9-8-5-4-6-2-1-3-7(6)10-8/h1,3,6-7H,2,4-5H2/t6-,7-/m0/s1. The maximum absolute atomic E-state index is 10.7. The molecule has 0 N–H and O–H groups in total. The molecule has 2 rings (SSSR count). The normalized spacial score (nSPS) is 37.4. The van der Waals surface area contributed by atoms with Crippen LogP contribution in [0.1, 0.15) is 19.3 Å². The molecular formula is C8H10O2. The molecule has 2 atom stereocenters. The van der Waals surface area contributed by atoms with Crippen molar-refractivity contribution in [1.82, 2.24) is 0 Å². The third-order valence-corrected chi connectivity index (χ3v) is 2.22. The van der Waals surface area contributed by atoms with Crippen molar-refractivity contribution in [2.24, 2.45) is 5.92 Å². The van der Waals surface area contributed by atoms with Gasteiger partial charge in [-0.15, -0.1) is 0 Å². The predicted molar refractivity (Wildman–Crippen MR) is 36.4 cm³/mol. The van der Waals surface area contributed by atoms with E-state index in [1.54, 1.807) is 0 Å². The highest BCUT2D eigenvalue weighted by molar-refractivity contribution is 5.70. The van der Waals surface area contributed by atoms with E-state index in [0.717, 1.165) is 12.8 Å². The third-order valence-electron chi connectivity index (χ3n) is 2.22. The fourth-order valence-electron chi connectivity index (χ4n) is 1.61. The molecule has 2 heteroatoms. The van der Waals surface area contributed by atoms with Crippen LogP contribution in [0.4, 0.5) is 0 Å². The Bertz CT molecular complexity index is 184. The molecule has 1 saturated heterocycles. The van der Waals surface area contributed by atoms with Crippen LogP contribution < -0.4 is 0 Å². The zero-order chi connectivity index (χ0) is 6.97. The molecule has 0 radical (unpaired) electrons. The zero-order valence-corrected chi connectivity index (χ0v) is 5.75. The molecule has 2 aliphatic rings. The van der Waals surface area contributed by atoms with E-state index in [1.165, 1.54) is 0 Å². The van der Waals surface area contributed by atoms with Gasteiger partial charge in [0.2, 0.25) is 0 Å². The van der Waals surface area contributed by atoms with Crippen LogP contribution in [0.2, 0.25) is 0 Å². The molecule has 1 fully saturated rings. The number of rotatable bonds is 0. The van der Waals surface area contributed by atoms with E-state index in [9.17, 15) is 4.79 Å². The first-order valence-electron chi connectivity index (χ1n) is 3.72. The molecule has 0 amide bonds. The van der Waals surface area contributed by atoms with Gasteiger partial charge in [0.15, 0.2) is 0 Å². The van der Waals surface area contributed by atoms with Gasteiger partial charge in [0.05, 0.1) is 0 Å². The maximum atomic E-state index is 10.7. The number of ether oxygens (including phenoxy) is 1. The van der Waals surface area contributed by atoms with E-state index in [-0.39, 0.29) is 12.1 Å². The van der Waals surface area contributed by atoms with Gasteiger partial charge >= 0.3 is 5.97 Å². The van der Waals surface area contributed by atoms with Gasteiger partial charge in [-0.3, -0.25) is 4.79 Å². The van der Waals surface area contributed by atoms with Gasteiger partial charge < -0.3 is 4.74 Å². The van der Waals surface area contributed by atoms with Crippen LogP contribution in [0.3, 0.4) is 0 Å². The average molecular weight is 138 g/mol. The molecule has 0 unspecified atom stereocenters. The minimum absolute atomic E-state index is 0.0344. The summed E-state index contributed by atoms with van der Waals surface area (Å²) in [5, 5.41) is 0.